The second-order valence-electron chi connectivity index (χ2n) is 39.9. The van der Waals surface area contributed by atoms with Crippen molar-refractivity contribution in [3.8, 4) is 106 Å². The van der Waals surface area contributed by atoms with Crippen LogP contribution in [0.15, 0.2) is 510 Å². The zero-order valence-electron chi connectivity index (χ0n) is 84.8. The predicted molar refractivity (Wildman–Crippen MR) is 644 cm³/mol. The minimum Gasteiger partial charge on any atom is -0.868 e. The largest absolute Gasteiger partial charge is 1.00 e. The first-order valence-corrected chi connectivity index (χ1v) is 56.7. The number of hydrogen-bond donors (Lipinski definition) is 0. The molecule has 21 aromatic carbocycles. The zero-order valence-corrected chi connectivity index (χ0v) is 85.8. The fourth-order valence-electron chi connectivity index (χ4n) is 21.3. The van der Waals surface area contributed by atoms with E-state index in [0.29, 0.717) is 5.52 Å². The molecular weight excluding hydrogens is 1830 g/mol. The Morgan fingerprint density at radius 3 is 1.05 bits per heavy atom. The van der Waals surface area contributed by atoms with E-state index in [0.717, 1.165) is 22.3 Å². The van der Waals surface area contributed by atoms with Gasteiger partial charge in [0, 0.05) is 83.9 Å². The van der Waals surface area contributed by atoms with Gasteiger partial charge in [-0.15, -0.1) is 0 Å². The van der Waals surface area contributed by atoms with E-state index >= 15 is 0 Å². The van der Waals surface area contributed by atoms with Crippen LogP contribution in [0, 0.1) is 0 Å². The van der Waals surface area contributed by atoms with Crippen molar-refractivity contribution < 1.29 is 29.0 Å². The summed E-state index contributed by atoms with van der Waals surface area (Å²) in [5.41, 5.74) is 32.6. The summed E-state index contributed by atoms with van der Waals surface area (Å²) in [6.07, 6.45) is 9.13. The zero-order chi connectivity index (χ0) is 100.0. The SMILES string of the molecule is C.C.C.CC1(C)c2cc(N(c3ccccc3)c3ccc([Si](C)(C)C)cc3)ccc2-c2c1cc(N(c1ccccc1)c1ccc([Si](C)(C)C)cc1)c1ccccc21.[2H][B].[Li+].[O-]c1cccc2ccc[nH+]c12.c1ccc(-c2ccc(-c3c4ccccc4c(-c4ccccc4)c4ccccc34)c3ccccc23)cc1.c1ccc(-c2ccc3c(-c4ccc(-c5ccncc5)cc4)c4ccccc4c(-c4ccc(-c5ccncc5)cc4)c3c2)cc1. The van der Waals surface area contributed by atoms with E-state index in [-0.39, 0.29) is 52.3 Å². The Morgan fingerprint density at radius 1 is 0.255 bits per heavy atom. The number of fused-ring (bicyclic) bond motifs is 11. The van der Waals surface area contributed by atoms with Gasteiger partial charge < -0.3 is 14.9 Å². The molecule has 2 radical (unpaired) electrons. The number of aromatic amines is 1. The molecule has 0 atom stereocenters. The van der Waals surface area contributed by atoms with Gasteiger partial charge in [0.15, 0.2) is 6.20 Å². The predicted octanol–water partition coefficient (Wildman–Crippen LogP) is 33.4. The van der Waals surface area contributed by atoms with Crippen molar-refractivity contribution in [3.63, 3.8) is 0 Å². The summed E-state index contributed by atoms with van der Waals surface area (Å²) in [7, 11) is 0.872. The Balaban J connectivity index is 0.000000144. The van der Waals surface area contributed by atoms with E-state index in [1.165, 1.54) is 203 Å². The number of nitrogens with zero attached hydrogens (tertiary/aromatic N) is 4. The number of benzene rings is 21. The van der Waals surface area contributed by atoms with Gasteiger partial charge in [0.2, 0.25) is 5.52 Å². The fraction of sp³-hybridized carbons (Fsp3) is 0.0863. The number of aromatic nitrogens is 3. The van der Waals surface area contributed by atoms with Crippen LogP contribution < -0.4 is 49.1 Å². The average Bonchev–Trinajstić information content (AvgIpc) is 1.52. The Morgan fingerprint density at radius 2 is 0.584 bits per heavy atom. The van der Waals surface area contributed by atoms with Gasteiger partial charge in [-0.3, -0.25) is 9.97 Å². The molecule has 24 aromatic rings. The van der Waals surface area contributed by atoms with Gasteiger partial charge >= 0.3 is 18.9 Å². The van der Waals surface area contributed by atoms with Gasteiger partial charge in [-0.25, -0.2) is 4.98 Å². The fourth-order valence-corrected chi connectivity index (χ4v) is 23.7. The summed E-state index contributed by atoms with van der Waals surface area (Å²) in [6.45, 7) is 19.3. The molecule has 1 aliphatic carbocycles. The maximum absolute atomic E-state index is 11.1. The molecule has 0 amide bonds. The number of hydrogen-bond acceptors (Lipinski definition) is 5. The van der Waals surface area contributed by atoms with Crippen molar-refractivity contribution in [1.29, 1.82) is 1.34 Å². The standard InChI is InChI=1S/C49H50N2Si2.C42H28N2.C36H24.C9H7NO.3CH4.BH.Li/c1-49(2)45-33-39(50(35-17-11-9-12-18-35)37-23-28-40(29-24-37)52(3,4)5)27-32-44(45)48-43-22-16-15-21-42(43)47(34-46(48)49)51(36-19-13-10-14-20-36)38-25-30-41(31-26-38)53(6,7)8;1-2-6-29(7-3-1)36-18-19-39-40(28-36)42(35-16-12-31(13-17-35)33-22-26-44-27-23-33)38-9-5-4-8-37(38)41(39)34-14-10-30(11-15-34)32-20-24-43-25-21-32;1-3-13-25(14-4-1)27-23-24-34(29-18-8-7-17-28(27)29)36-32-21-11-9-19-30(32)35(26-15-5-2-6-16-26)31-20-10-12-22-33(31)36;11-8-5-1-3-7-4-2-6-10-9(7)8;;;;;/h9-34H,1-8H3;1-28H;1-24H;1-6,11H;3*1H4;1H;/q;;;;;;;;+1/i;;;;;;;1D;. The summed E-state index contributed by atoms with van der Waals surface area (Å²) in [4.78, 5) is 16.2. The molecule has 10 heteroatoms. The van der Waals surface area contributed by atoms with Gasteiger partial charge in [0.1, 0.15) is 0 Å². The molecular formula is C139H122BLiN5OSi2+. The number of H-pyrrole nitrogens is 1. The quantitative estimate of drug-likeness (QED) is 0.0712. The second kappa shape index (κ2) is 44.8. The minimum atomic E-state index is -1.45. The van der Waals surface area contributed by atoms with Crippen molar-refractivity contribution >= 4 is 145 Å². The third kappa shape index (κ3) is 20.6. The molecule has 149 heavy (non-hydrogen) atoms. The molecule has 0 fully saturated rings. The maximum atomic E-state index is 11.1. The van der Waals surface area contributed by atoms with E-state index in [4.69, 9.17) is 1.34 Å². The van der Waals surface area contributed by atoms with E-state index in [1.807, 2.05) is 43.0 Å². The first-order chi connectivity index (χ1) is 71.4. The Hall–Kier alpha value is -16.6. The summed E-state index contributed by atoms with van der Waals surface area (Å²) in [5, 5.41) is 30.3. The molecule has 6 nitrogen and oxygen atoms in total. The molecule has 25 rings (SSSR count). The number of pyridine rings is 3. The van der Waals surface area contributed by atoms with Crippen molar-refractivity contribution in [2.75, 3.05) is 9.80 Å². The molecule has 0 saturated carbocycles. The Labute approximate surface area is 895 Å². The number of rotatable bonds is 16. The van der Waals surface area contributed by atoms with Crippen LogP contribution in [0.2, 0.25) is 39.3 Å². The van der Waals surface area contributed by atoms with Crippen molar-refractivity contribution in [3.05, 3.63) is 521 Å². The van der Waals surface area contributed by atoms with Crippen LogP contribution in [0.1, 0.15) is 47.3 Å². The van der Waals surface area contributed by atoms with E-state index in [1.54, 1.807) is 18.3 Å². The summed E-state index contributed by atoms with van der Waals surface area (Å²) < 4.78 is 5.25. The van der Waals surface area contributed by atoms with Crippen LogP contribution in [0.4, 0.5) is 34.1 Å². The molecule has 0 unspecified atom stereocenters. The van der Waals surface area contributed by atoms with E-state index in [2.05, 4.69) is 535 Å². The number of anilines is 6. The first-order valence-electron chi connectivity index (χ1n) is 50.3. The number of para-hydroxylation sites is 3. The molecule has 0 spiro atoms. The summed E-state index contributed by atoms with van der Waals surface area (Å²) in [6, 6.07) is 173. The molecule has 720 valence electrons. The van der Waals surface area contributed by atoms with Crippen LogP contribution in [0.25, 0.3) is 176 Å². The average molecular weight is 1950 g/mol. The maximum Gasteiger partial charge on any atom is 1.00 e. The third-order valence-corrected chi connectivity index (χ3v) is 32.7. The molecule has 3 aromatic heterocycles. The van der Waals surface area contributed by atoms with Crippen LogP contribution in [0.3, 0.4) is 0 Å². The van der Waals surface area contributed by atoms with Crippen molar-refractivity contribution in [2.24, 2.45) is 0 Å². The van der Waals surface area contributed by atoms with Crippen molar-refractivity contribution in [1.82, 2.24) is 9.97 Å². The summed E-state index contributed by atoms with van der Waals surface area (Å²) in [5.74, 6) is 0.0445. The Kier molecular flexibility index (Phi) is 30.8. The molecule has 1 aliphatic rings. The smallest absolute Gasteiger partial charge is 0.868 e. The Bertz CT molecular complexity index is 8770. The monoisotopic (exact) mass is 1950 g/mol. The summed E-state index contributed by atoms with van der Waals surface area (Å²) >= 11 is 0. The molecule has 3 heterocycles. The normalized spacial score (nSPS) is 11.6. The van der Waals surface area contributed by atoms with Crippen LogP contribution >= 0.6 is 0 Å². The molecule has 0 bridgehead atoms. The van der Waals surface area contributed by atoms with Gasteiger partial charge in [-0.2, -0.15) is 0 Å². The van der Waals surface area contributed by atoms with Gasteiger partial charge in [-0.1, -0.05) is 450 Å². The molecule has 0 aliphatic heterocycles. The van der Waals surface area contributed by atoms with E-state index < -0.39 is 16.1 Å². The van der Waals surface area contributed by atoms with Crippen molar-refractivity contribution in [2.45, 2.75) is 80.8 Å². The molecule has 1 N–H and O–H groups in total. The van der Waals surface area contributed by atoms with Gasteiger partial charge in [-0.05, 0) is 287 Å². The van der Waals surface area contributed by atoms with Crippen LogP contribution in [-0.2, 0) is 5.41 Å². The minimum absolute atomic E-state index is 0. The van der Waals surface area contributed by atoms with Crippen LogP contribution in [-0.4, -0.2) is 35.8 Å². The van der Waals surface area contributed by atoms with Gasteiger partial charge in [0.05, 0.1) is 21.8 Å². The van der Waals surface area contributed by atoms with Gasteiger partial charge in [0.25, 0.3) is 0 Å². The number of nitrogens with one attached hydrogen (secondary N) is 1. The third-order valence-electron chi connectivity index (χ3n) is 28.6. The first kappa shape index (κ1) is 102. The van der Waals surface area contributed by atoms with E-state index in [9.17, 15) is 5.11 Å². The molecule has 0 saturated heterocycles. The topological polar surface area (TPSA) is 69.5 Å². The second-order valence-corrected chi connectivity index (χ2v) is 50.0. The van der Waals surface area contributed by atoms with Crippen LogP contribution in [0.5, 0.6) is 5.75 Å².